The summed E-state index contributed by atoms with van der Waals surface area (Å²) >= 11 is 7.09. The Bertz CT molecular complexity index is 2170. The van der Waals surface area contributed by atoms with E-state index in [9.17, 15) is 18.0 Å². The first-order valence-electron chi connectivity index (χ1n) is 17.9. The van der Waals surface area contributed by atoms with E-state index in [1.807, 2.05) is 25.7 Å². The van der Waals surface area contributed by atoms with E-state index in [2.05, 4.69) is 14.9 Å². The number of amides is 1. The zero-order valence-corrected chi connectivity index (χ0v) is 30.2. The number of alkyl halides is 3. The van der Waals surface area contributed by atoms with Crippen molar-refractivity contribution in [1.82, 2.24) is 29.3 Å². The molecule has 0 saturated carbocycles. The number of imidazole rings is 1. The number of nitrogens with two attached hydrogens (primary N) is 1. The van der Waals surface area contributed by atoms with Gasteiger partial charge in [0.05, 0.1) is 45.1 Å². The summed E-state index contributed by atoms with van der Waals surface area (Å²) in [7, 11) is 0. The van der Waals surface area contributed by atoms with E-state index < -0.39 is 47.8 Å². The maximum atomic E-state index is 17.3. The van der Waals surface area contributed by atoms with Gasteiger partial charge in [0.1, 0.15) is 36.3 Å². The molecule has 7 heterocycles. The first-order chi connectivity index (χ1) is 25.2. The highest BCUT2D eigenvalue weighted by Gasteiger charge is 2.53. The summed E-state index contributed by atoms with van der Waals surface area (Å²) in [4.78, 5) is 33.1. The first kappa shape index (κ1) is 34.5. The van der Waals surface area contributed by atoms with E-state index in [0.29, 0.717) is 36.3 Å². The van der Waals surface area contributed by atoms with E-state index in [1.165, 1.54) is 18.2 Å². The minimum atomic E-state index is -2.99. The molecule has 0 aliphatic carbocycles. The Morgan fingerprint density at radius 3 is 2.74 bits per heavy atom. The van der Waals surface area contributed by atoms with E-state index in [0.717, 1.165) is 25.8 Å². The van der Waals surface area contributed by atoms with Gasteiger partial charge in [-0.1, -0.05) is 23.7 Å². The van der Waals surface area contributed by atoms with Crippen LogP contribution in [0.25, 0.3) is 33.1 Å². The summed E-state index contributed by atoms with van der Waals surface area (Å²) < 4.78 is 79.2. The molecule has 12 nitrogen and oxygen atoms in total. The van der Waals surface area contributed by atoms with Crippen LogP contribution in [0.4, 0.5) is 34.1 Å². The van der Waals surface area contributed by atoms with Crippen LogP contribution in [0.3, 0.4) is 0 Å². The van der Waals surface area contributed by atoms with Crippen molar-refractivity contribution in [3.63, 3.8) is 0 Å². The van der Waals surface area contributed by atoms with Crippen molar-refractivity contribution in [2.75, 3.05) is 43.5 Å². The monoisotopic (exact) mass is 758 g/mol. The standard InChI is InChI=1S/C36H39ClF4N8O4/c1-35(2,3)53-34(50)48-18-8-9-20(48)22-15-51-29-24-28(26(39)23(25(29)37)19-6-4-7-21-27(19)43-32(42)49(21)31(40)41)44-33(45-30(24)47(22)14-18)52-16-36-10-5-11-46(36)13-17(38)12-36/h4,6-7,17-18,20,22,31H,5,8-16H2,1-3H3,(H2,42,43)/t17-,18-,20+,22-,36+/m1/s1. The van der Waals surface area contributed by atoms with Crippen molar-refractivity contribution in [3.8, 4) is 22.9 Å². The van der Waals surface area contributed by atoms with Crippen LogP contribution in [0.2, 0.25) is 5.02 Å². The van der Waals surface area contributed by atoms with Gasteiger partial charge in [-0.15, -0.1) is 0 Å². The molecule has 2 N–H and O–H groups in total. The molecule has 2 aromatic heterocycles. The first-order valence-corrected chi connectivity index (χ1v) is 18.3. The molecule has 0 unspecified atom stereocenters. The maximum absolute atomic E-state index is 17.3. The second kappa shape index (κ2) is 12.1. The molecule has 2 bridgehead atoms. The number of carbonyl (C=O) groups excluding carboxylic acids is 1. The number of carbonyl (C=O) groups is 1. The third-order valence-electron chi connectivity index (χ3n) is 11.5. The quantitative estimate of drug-likeness (QED) is 0.220. The number of para-hydroxylation sites is 1. The Kier molecular flexibility index (Phi) is 7.87. The lowest BCUT2D eigenvalue weighted by Crippen LogP contribution is -2.63. The fourth-order valence-electron chi connectivity index (χ4n) is 9.32. The lowest BCUT2D eigenvalue weighted by atomic mass is 9.95. The van der Waals surface area contributed by atoms with E-state index >= 15 is 4.39 Å². The van der Waals surface area contributed by atoms with Gasteiger partial charge in [0.15, 0.2) is 11.6 Å². The number of aromatic nitrogens is 4. The molecule has 5 atom stereocenters. The number of hydrogen-bond donors (Lipinski definition) is 1. The van der Waals surface area contributed by atoms with Gasteiger partial charge in [-0.05, 0) is 59.1 Å². The molecule has 4 aromatic rings. The van der Waals surface area contributed by atoms with Crippen LogP contribution >= 0.6 is 11.6 Å². The summed E-state index contributed by atoms with van der Waals surface area (Å²) in [5.41, 5.74) is 4.47. The van der Waals surface area contributed by atoms with E-state index in [1.54, 1.807) is 4.90 Å². The van der Waals surface area contributed by atoms with Crippen LogP contribution in [-0.4, -0.2) is 104 Å². The lowest BCUT2D eigenvalue weighted by molar-refractivity contribution is 0.00544. The molecule has 53 heavy (non-hydrogen) atoms. The van der Waals surface area contributed by atoms with Crippen molar-refractivity contribution < 1.29 is 36.6 Å². The number of rotatable bonds is 5. The van der Waals surface area contributed by atoms with Crippen LogP contribution < -0.4 is 20.1 Å². The van der Waals surface area contributed by atoms with Gasteiger partial charge >= 0.3 is 18.7 Å². The average Bonchev–Trinajstić information content (AvgIpc) is 3.79. The van der Waals surface area contributed by atoms with Crippen LogP contribution in [0, 0.1) is 5.82 Å². The van der Waals surface area contributed by atoms with Crippen LogP contribution in [0.1, 0.15) is 59.4 Å². The number of benzene rings is 2. The SMILES string of the molecule is CC(C)(C)OC(=O)N1[C@@H]2CC[C@H]1[C@H]1COc3c(Cl)c(-c4cccc5c4nc(N)n5C(F)F)c(F)c4nc(OC[C@@]56CCCN5C[C@H](F)C6)nc(c34)N1C2. The molecule has 282 valence electrons. The fraction of sp³-hybridized carbons (Fsp3) is 0.556. The van der Waals surface area contributed by atoms with Crippen LogP contribution in [0.15, 0.2) is 18.2 Å². The number of nitrogens with zero attached hydrogens (tertiary/aromatic N) is 7. The summed E-state index contributed by atoms with van der Waals surface area (Å²) in [5.74, 6) is -0.874. The molecule has 9 rings (SSSR count). The predicted molar refractivity (Wildman–Crippen MR) is 189 cm³/mol. The minimum absolute atomic E-state index is 0.0109. The molecular formula is C36H39ClF4N8O4. The lowest BCUT2D eigenvalue weighted by Gasteiger charge is -2.46. The average molecular weight is 759 g/mol. The second-order valence-electron chi connectivity index (χ2n) is 15.8. The molecular weight excluding hydrogens is 720 g/mol. The second-order valence-corrected chi connectivity index (χ2v) is 16.1. The van der Waals surface area contributed by atoms with Crippen LogP contribution in [0.5, 0.6) is 11.8 Å². The molecule has 0 spiro atoms. The smallest absolute Gasteiger partial charge is 0.410 e. The zero-order chi connectivity index (χ0) is 37.1. The highest BCUT2D eigenvalue weighted by atomic mass is 35.5. The van der Waals surface area contributed by atoms with E-state index in [-0.39, 0.29) is 75.1 Å². The number of halogens is 5. The summed E-state index contributed by atoms with van der Waals surface area (Å²) in [6, 6.07) is 3.34. The summed E-state index contributed by atoms with van der Waals surface area (Å²) in [6.07, 6.45) is 1.96. The normalized spacial score (nSPS) is 26.7. The van der Waals surface area contributed by atoms with Gasteiger partial charge in [0, 0.05) is 30.6 Å². The minimum Gasteiger partial charge on any atom is -0.489 e. The van der Waals surface area contributed by atoms with Gasteiger partial charge in [-0.25, -0.2) is 18.6 Å². The largest absolute Gasteiger partial charge is 0.489 e. The maximum Gasteiger partial charge on any atom is 0.410 e. The Balaban J connectivity index is 1.20. The molecule has 5 aliphatic heterocycles. The third kappa shape index (κ3) is 5.33. The van der Waals surface area contributed by atoms with Crippen molar-refractivity contribution in [3.05, 3.63) is 29.0 Å². The van der Waals surface area contributed by atoms with E-state index in [4.69, 9.17) is 36.5 Å². The number of fused-ring (bicyclic) bond motifs is 7. The summed E-state index contributed by atoms with van der Waals surface area (Å²) in [5, 5.41) is 0.0898. The van der Waals surface area contributed by atoms with Gasteiger partial charge in [0.2, 0.25) is 5.95 Å². The molecule has 0 radical (unpaired) electrons. The highest BCUT2D eigenvalue weighted by Crippen LogP contribution is 2.51. The van der Waals surface area contributed by atoms with Crippen molar-refractivity contribution in [1.29, 1.82) is 0 Å². The third-order valence-corrected chi connectivity index (χ3v) is 11.8. The number of nitrogen functional groups attached to an aromatic ring is 1. The highest BCUT2D eigenvalue weighted by molar-refractivity contribution is 6.37. The molecule has 17 heteroatoms. The zero-order valence-electron chi connectivity index (χ0n) is 29.4. The van der Waals surface area contributed by atoms with Gasteiger partial charge in [0.25, 0.3) is 0 Å². The van der Waals surface area contributed by atoms with Gasteiger partial charge in [-0.2, -0.15) is 18.7 Å². The number of piperazine rings is 1. The van der Waals surface area contributed by atoms with Gasteiger partial charge < -0.3 is 24.8 Å². The van der Waals surface area contributed by atoms with Crippen LogP contribution in [-0.2, 0) is 4.74 Å². The predicted octanol–water partition coefficient (Wildman–Crippen LogP) is 6.72. The number of ether oxygens (including phenoxy) is 3. The van der Waals surface area contributed by atoms with Crippen molar-refractivity contribution in [2.45, 2.75) is 94.9 Å². The Morgan fingerprint density at radius 1 is 1.15 bits per heavy atom. The fourth-order valence-corrected chi connectivity index (χ4v) is 9.65. The summed E-state index contributed by atoms with van der Waals surface area (Å²) in [6.45, 7) is 4.05. The topological polar surface area (TPSA) is 124 Å². The Labute approximate surface area is 307 Å². The van der Waals surface area contributed by atoms with Crippen molar-refractivity contribution >= 4 is 51.4 Å². The Hall–Kier alpha value is -4.31. The molecule has 2 aromatic carbocycles. The number of hydrogen-bond acceptors (Lipinski definition) is 10. The van der Waals surface area contributed by atoms with Crippen molar-refractivity contribution in [2.24, 2.45) is 0 Å². The Morgan fingerprint density at radius 2 is 1.96 bits per heavy atom. The molecule has 1 amide bonds. The molecule has 5 aliphatic rings. The van der Waals surface area contributed by atoms with Gasteiger partial charge in [-0.3, -0.25) is 14.4 Å². The molecule has 4 saturated heterocycles. The number of anilines is 2. The molecule has 4 fully saturated rings.